The molecule has 1 aromatic carbocycles. The maximum atomic E-state index is 11.7. The molecule has 3 nitrogen and oxygen atoms in total. The maximum absolute atomic E-state index is 11.7. The highest BCUT2D eigenvalue weighted by molar-refractivity contribution is 5.94. The van der Waals surface area contributed by atoms with Crippen LogP contribution in [0.5, 0.6) is 0 Å². The fourth-order valence-corrected chi connectivity index (χ4v) is 1.62. The van der Waals surface area contributed by atoms with Crippen LogP contribution in [0.3, 0.4) is 0 Å². The second-order valence-electron chi connectivity index (χ2n) is 4.10. The fraction of sp³-hybridized carbons (Fsp3) is 0.417. The minimum Gasteiger partial charge on any atom is -0.352 e. The van der Waals surface area contributed by atoms with Gasteiger partial charge in [-0.15, -0.1) is 12.4 Å². The minimum absolute atomic E-state index is 0. The molecule has 0 unspecified atom stereocenters. The van der Waals surface area contributed by atoms with E-state index in [0.717, 1.165) is 30.8 Å². The van der Waals surface area contributed by atoms with Gasteiger partial charge in [-0.1, -0.05) is 17.7 Å². The zero-order chi connectivity index (χ0) is 10.7. The third-order valence-electron chi connectivity index (χ3n) is 2.70. The van der Waals surface area contributed by atoms with Crippen LogP contribution in [0, 0.1) is 12.8 Å². The molecule has 1 aliphatic rings. The van der Waals surface area contributed by atoms with Crippen LogP contribution in [0.4, 0.5) is 0 Å². The Bertz CT molecular complexity index is 364. The molecule has 1 saturated heterocycles. The van der Waals surface area contributed by atoms with Gasteiger partial charge in [-0.3, -0.25) is 4.79 Å². The molecule has 1 aliphatic heterocycles. The Kier molecular flexibility index (Phi) is 4.77. The van der Waals surface area contributed by atoms with Crippen LogP contribution in [0.1, 0.15) is 15.9 Å². The number of aryl methyl sites for hydroxylation is 1. The molecule has 0 spiro atoms. The zero-order valence-electron chi connectivity index (χ0n) is 9.32. The number of hydrogen-bond acceptors (Lipinski definition) is 2. The Labute approximate surface area is 102 Å². The van der Waals surface area contributed by atoms with Gasteiger partial charge >= 0.3 is 0 Å². The number of carbonyl (C=O) groups excluding carboxylic acids is 1. The van der Waals surface area contributed by atoms with Gasteiger partial charge < -0.3 is 10.6 Å². The Morgan fingerprint density at radius 1 is 1.50 bits per heavy atom. The van der Waals surface area contributed by atoms with Crippen LogP contribution in [0.2, 0.25) is 0 Å². The minimum atomic E-state index is 0. The topological polar surface area (TPSA) is 41.1 Å². The first-order valence-electron chi connectivity index (χ1n) is 5.31. The van der Waals surface area contributed by atoms with Gasteiger partial charge in [-0.05, 0) is 19.1 Å². The van der Waals surface area contributed by atoms with Crippen molar-refractivity contribution in [1.82, 2.24) is 10.6 Å². The summed E-state index contributed by atoms with van der Waals surface area (Å²) in [6.07, 6.45) is 0. The van der Waals surface area contributed by atoms with E-state index in [2.05, 4.69) is 10.6 Å². The van der Waals surface area contributed by atoms with E-state index in [0.29, 0.717) is 5.92 Å². The molecular weight excluding hydrogens is 224 g/mol. The molecule has 0 saturated carbocycles. The van der Waals surface area contributed by atoms with E-state index >= 15 is 0 Å². The molecule has 4 heteroatoms. The van der Waals surface area contributed by atoms with Crippen LogP contribution in [0.15, 0.2) is 24.3 Å². The molecule has 1 amide bonds. The van der Waals surface area contributed by atoms with Crippen LogP contribution in [-0.2, 0) is 0 Å². The zero-order valence-corrected chi connectivity index (χ0v) is 10.1. The van der Waals surface area contributed by atoms with E-state index in [1.165, 1.54) is 0 Å². The third kappa shape index (κ3) is 3.22. The van der Waals surface area contributed by atoms with Crippen molar-refractivity contribution in [2.75, 3.05) is 19.6 Å². The second-order valence-corrected chi connectivity index (χ2v) is 4.10. The number of halogens is 1. The molecule has 0 radical (unpaired) electrons. The summed E-state index contributed by atoms with van der Waals surface area (Å²) < 4.78 is 0. The SMILES string of the molecule is Cc1cccc(C(=O)NCC2CNC2)c1.Cl. The van der Waals surface area contributed by atoms with E-state index in [-0.39, 0.29) is 18.3 Å². The monoisotopic (exact) mass is 240 g/mol. The fourth-order valence-electron chi connectivity index (χ4n) is 1.62. The van der Waals surface area contributed by atoms with Gasteiger partial charge in [0.1, 0.15) is 0 Å². The average Bonchev–Trinajstić information content (AvgIpc) is 2.15. The van der Waals surface area contributed by atoms with Gasteiger partial charge in [0.05, 0.1) is 0 Å². The lowest BCUT2D eigenvalue weighted by atomic mass is 10.0. The predicted octanol–water partition coefficient (Wildman–Crippen LogP) is 1.37. The summed E-state index contributed by atoms with van der Waals surface area (Å²) in [5.74, 6) is 0.643. The molecule has 1 aromatic rings. The van der Waals surface area contributed by atoms with Gasteiger partial charge in [-0.25, -0.2) is 0 Å². The van der Waals surface area contributed by atoms with E-state index in [9.17, 15) is 4.79 Å². The number of benzene rings is 1. The van der Waals surface area contributed by atoms with E-state index in [4.69, 9.17) is 0 Å². The smallest absolute Gasteiger partial charge is 0.251 e. The summed E-state index contributed by atoms with van der Waals surface area (Å²) in [4.78, 5) is 11.7. The first kappa shape index (κ1) is 13.0. The first-order chi connectivity index (χ1) is 7.25. The molecule has 0 aromatic heterocycles. The first-order valence-corrected chi connectivity index (χ1v) is 5.31. The van der Waals surface area contributed by atoms with Crippen LogP contribution in [0.25, 0.3) is 0 Å². The van der Waals surface area contributed by atoms with Crippen LogP contribution >= 0.6 is 12.4 Å². The summed E-state index contributed by atoms with van der Waals surface area (Å²) >= 11 is 0. The molecule has 0 aliphatic carbocycles. The van der Waals surface area contributed by atoms with E-state index < -0.39 is 0 Å². The molecule has 0 atom stereocenters. The highest BCUT2D eigenvalue weighted by Crippen LogP contribution is 2.05. The Hall–Kier alpha value is -1.06. The summed E-state index contributed by atoms with van der Waals surface area (Å²) in [5.41, 5.74) is 1.87. The van der Waals surface area contributed by atoms with Crippen molar-refractivity contribution in [3.63, 3.8) is 0 Å². The Balaban J connectivity index is 0.00000128. The van der Waals surface area contributed by atoms with Crippen molar-refractivity contribution in [3.05, 3.63) is 35.4 Å². The number of nitrogens with one attached hydrogen (secondary N) is 2. The highest BCUT2D eigenvalue weighted by Gasteiger charge is 2.17. The van der Waals surface area contributed by atoms with E-state index in [1.54, 1.807) is 0 Å². The van der Waals surface area contributed by atoms with Gasteiger partial charge in [0.25, 0.3) is 5.91 Å². The second kappa shape index (κ2) is 5.87. The summed E-state index contributed by atoms with van der Waals surface area (Å²) in [6, 6.07) is 7.66. The quantitative estimate of drug-likeness (QED) is 0.838. The van der Waals surface area contributed by atoms with Crippen molar-refractivity contribution in [2.45, 2.75) is 6.92 Å². The maximum Gasteiger partial charge on any atom is 0.251 e. The van der Waals surface area contributed by atoms with Gasteiger partial charge in [0.2, 0.25) is 0 Å². The van der Waals surface area contributed by atoms with E-state index in [1.807, 2.05) is 31.2 Å². The number of hydrogen-bond donors (Lipinski definition) is 2. The lowest BCUT2D eigenvalue weighted by Gasteiger charge is -2.27. The third-order valence-corrected chi connectivity index (χ3v) is 2.70. The molecule has 1 fully saturated rings. The van der Waals surface area contributed by atoms with Gasteiger partial charge in [0.15, 0.2) is 0 Å². The van der Waals surface area contributed by atoms with Crippen molar-refractivity contribution in [3.8, 4) is 0 Å². The molecule has 88 valence electrons. The predicted molar refractivity (Wildman–Crippen MR) is 67.1 cm³/mol. The lowest BCUT2D eigenvalue weighted by molar-refractivity contribution is 0.0942. The summed E-state index contributed by atoms with van der Waals surface area (Å²) in [7, 11) is 0. The normalized spacial score (nSPS) is 14.8. The van der Waals surface area contributed by atoms with Crippen LogP contribution in [-0.4, -0.2) is 25.5 Å². The summed E-state index contributed by atoms with van der Waals surface area (Å²) in [6.45, 7) is 4.81. The molecule has 1 heterocycles. The Morgan fingerprint density at radius 3 is 2.81 bits per heavy atom. The van der Waals surface area contributed by atoms with Gasteiger partial charge in [-0.2, -0.15) is 0 Å². The molecule has 2 rings (SSSR count). The Morgan fingerprint density at radius 2 is 2.25 bits per heavy atom. The van der Waals surface area contributed by atoms with Crippen LogP contribution < -0.4 is 10.6 Å². The van der Waals surface area contributed by atoms with Crippen molar-refractivity contribution >= 4 is 18.3 Å². The number of rotatable bonds is 3. The summed E-state index contributed by atoms with van der Waals surface area (Å²) in [5, 5.41) is 6.13. The molecule has 16 heavy (non-hydrogen) atoms. The van der Waals surface area contributed by atoms with Crippen molar-refractivity contribution in [1.29, 1.82) is 0 Å². The number of amides is 1. The van der Waals surface area contributed by atoms with Crippen molar-refractivity contribution in [2.24, 2.45) is 5.92 Å². The van der Waals surface area contributed by atoms with Crippen molar-refractivity contribution < 1.29 is 4.79 Å². The largest absolute Gasteiger partial charge is 0.352 e. The van der Waals surface area contributed by atoms with Gasteiger partial charge in [0, 0.05) is 31.1 Å². The number of carbonyl (C=O) groups is 1. The molecular formula is C12H17ClN2O. The highest BCUT2D eigenvalue weighted by atomic mass is 35.5. The molecule has 2 N–H and O–H groups in total. The lowest BCUT2D eigenvalue weighted by Crippen LogP contribution is -2.48. The standard InChI is InChI=1S/C12H16N2O.ClH/c1-9-3-2-4-11(5-9)12(15)14-8-10-6-13-7-10;/h2-5,10,13H,6-8H2,1H3,(H,14,15);1H. The average molecular weight is 241 g/mol. The molecule has 0 bridgehead atoms.